The van der Waals surface area contributed by atoms with Crippen LogP contribution in [0.3, 0.4) is 0 Å². The van der Waals surface area contributed by atoms with E-state index in [0.717, 1.165) is 12.0 Å². The number of para-hydroxylation sites is 1. The molecule has 3 nitrogen and oxygen atoms in total. The van der Waals surface area contributed by atoms with Gasteiger partial charge in [-0.15, -0.1) is 0 Å². The Labute approximate surface area is 143 Å². The summed E-state index contributed by atoms with van der Waals surface area (Å²) in [6.07, 6.45) is 5.62. The highest BCUT2D eigenvalue weighted by Crippen LogP contribution is 2.52. The summed E-state index contributed by atoms with van der Waals surface area (Å²) in [6.45, 7) is 4.31. The molecule has 3 atom stereocenters. The monoisotopic (exact) mass is 321 g/mol. The van der Waals surface area contributed by atoms with E-state index < -0.39 is 0 Å². The Kier molecular flexibility index (Phi) is 3.52. The summed E-state index contributed by atoms with van der Waals surface area (Å²) in [5, 5.41) is 14.4. The molecule has 0 fully saturated rings. The number of methoxy groups -OCH3 is 1. The first-order valence-corrected chi connectivity index (χ1v) is 8.50. The van der Waals surface area contributed by atoms with Crippen molar-refractivity contribution in [2.45, 2.75) is 32.2 Å². The molecule has 124 valence electrons. The van der Waals surface area contributed by atoms with Gasteiger partial charge in [-0.2, -0.15) is 0 Å². The number of nitrogens with one attached hydrogen (secondary N) is 1. The molecule has 2 aromatic carbocycles. The van der Waals surface area contributed by atoms with Crippen LogP contribution < -0.4 is 10.1 Å². The van der Waals surface area contributed by atoms with Crippen LogP contribution in [-0.4, -0.2) is 12.2 Å². The molecule has 3 unspecified atom stereocenters. The minimum atomic E-state index is 0.0778. The number of ether oxygens (including phenoxy) is 1. The molecule has 0 amide bonds. The van der Waals surface area contributed by atoms with E-state index >= 15 is 0 Å². The minimum Gasteiger partial charge on any atom is -0.504 e. The van der Waals surface area contributed by atoms with Crippen molar-refractivity contribution < 1.29 is 9.84 Å². The molecular formula is C21H23NO2. The fourth-order valence-electron chi connectivity index (χ4n) is 4.34. The number of phenols is 1. The van der Waals surface area contributed by atoms with E-state index in [4.69, 9.17) is 4.74 Å². The molecule has 3 heteroatoms. The minimum absolute atomic E-state index is 0.0778. The van der Waals surface area contributed by atoms with Crippen molar-refractivity contribution in [3.63, 3.8) is 0 Å². The molecule has 0 spiro atoms. The number of phenolic OH excluding ortho intramolecular Hbond substituents is 1. The summed E-state index contributed by atoms with van der Waals surface area (Å²) in [7, 11) is 1.59. The predicted octanol–water partition coefficient (Wildman–Crippen LogP) is 4.84. The van der Waals surface area contributed by atoms with Gasteiger partial charge in [-0.25, -0.2) is 0 Å². The van der Waals surface area contributed by atoms with Gasteiger partial charge in [0.1, 0.15) is 0 Å². The number of aromatic hydroxyl groups is 1. The van der Waals surface area contributed by atoms with Crippen LogP contribution in [0.25, 0.3) is 0 Å². The molecule has 1 aliphatic heterocycles. The summed E-state index contributed by atoms with van der Waals surface area (Å²) in [5.74, 6) is 1.59. The molecule has 1 heterocycles. The van der Waals surface area contributed by atoms with Crippen molar-refractivity contribution in [3.8, 4) is 11.5 Å². The third-order valence-electron chi connectivity index (χ3n) is 5.40. The molecule has 0 radical (unpaired) electrons. The number of aryl methyl sites for hydroxylation is 2. The number of allylic oxidation sites excluding steroid dienone is 2. The Bertz CT molecular complexity index is 825. The maximum Gasteiger partial charge on any atom is 0.163 e. The Balaban J connectivity index is 1.85. The quantitative estimate of drug-likeness (QED) is 0.777. The SMILES string of the molecule is COc1cccc(C2Nc3c(C)cc(C)cc3C3C=CCC32)c1O. The largest absolute Gasteiger partial charge is 0.504 e. The number of hydrogen-bond donors (Lipinski definition) is 2. The van der Waals surface area contributed by atoms with E-state index in [2.05, 4.69) is 43.4 Å². The van der Waals surface area contributed by atoms with Crippen LogP contribution in [0.1, 0.15) is 40.6 Å². The third-order valence-corrected chi connectivity index (χ3v) is 5.40. The van der Waals surface area contributed by atoms with Crippen molar-refractivity contribution >= 4 is 5.69 Å². The Morgan fingerprint density at radius 2 is 2.00 bits per heavy atom. The molecule has 4 rings (SSSR count). The van der Waals surface area contributed by atoms with E-state index in [1.165, 1.54) is 22.4 Å². The first-order chi connectivity index (χ1) is 11.6. The zero-order valence-corrected chi connectivity index (χ0v) is 14.3. The fraction of sp³-hybridized carbons (Fsp3) is 0.333. The molecule has 2 aromatic rings. The van der Waals surface area contributed by atoms with E-state index in [1.54, 1.807) is 13.2 Å². The second-order valence-corrected chi connectivity index (χ2v) is 6.92. The third kappa shape index (κ3) is 2.19. The molecule has 0 aromatic heterocycles. The molecule has 0 saturated carbocycles. The van der Waals surface area contributed by atoms with Gasteiger partial charge in [0, 0.05) is 17.2 Å². The highest BCUT2D eigenvalue weighted by molar-refractivity contribution is 5.66. The van der Waals surface area contributed by atoms with Gasteiger partial charge in [-0.05, 0) is 43.4 Å². The fourth-order valence-corrected chi connectivity index (χ4v) is 4.34. The van der Waals surface area contributed by atoms with E-state index in [1.807, 2.05) is 12.1 Å². The van der Waals surface area contributed by atoms with Crippen LogP contribution in [0, 0.1) is 19.8 Å². The zero-order chi connectivity index (χ0) is 16.8. The highest BCUT2D eigenvalue weighted by Gasteiger charge is 2.39. The Hall–Kier alpha value is -2.42. The summed E-state index contributed by atoms with van der Waals surface area (Å²) >= 11 is 0. The molecule has 0 bridgehead atoms. The summed E-state index contributed by atoms with van der Waals surface area (Å²) in [4.78, 5) is 0. The molecule has 1 aliphatic carbocycles. The van der Waals surface area contributed by atoms with Crippen LogP contribution >= 0.6 is 0 Å². The van der Waals surface area contributed by atoms with Crippen LogP contribution in [0.5, 0.6) is 11.5 Å². The van der Waals surface area contributed by atoms with Crippen LogP contribution in [0.4, 0.5) is 5.69 Å². The van der Waals surface area contributed by atoms with Crippen molar-refractivity contribution in [3.05, 3.63) is 64.7 Å². The first-order valence-electron chi connectivity index (χ1n) is 8.50. The average molecular weight is 321 g/mol. The predicted molar refractivity (Wildman–Crippen MR) is 96.9 cm³/mol. The summed E-state index contributed by atoms with van der Waals surface area (Å²) in [6, 6.07) is 10.3. The maximum atomic E-state index is 10.6. The Morgan fingerprint density at radius 1 is 1.17 bits per heavy atom. The zero-order valence-electron chi connectivity index (χ0n) is 14.3. The lowest BCUT2D eigenvalue weighted by molar-refractivity contribution is 0.358. The van der Waals surface area contributed by atoms with Crippen molar-refractivity contribution in [1.82, 2.24) is 0 Å². The number of fused-ring (bicyclic) bond motifs is 3. The van der Waals surface area contributed by atoms with Crippen LogP contribution in [-0.2, 0) is 0 Å². The number of anilines is 1. The van der Waals surface area contributed by atoms with Gasteiger partial charge in [-0.1, -0.05) is 42.0 Å². The van der Waals surface area contributed by atoms with Crippen LogP contribution in [0.15, 0.2) is 42.5 Å². The van der Waals surface area contributed by atoms with Gasteiger partial charge < -0.3 is 15.2 Å². The van der Waals surface area contributed by atoms with Gasteiger partial charge in [0.2, 0.25) is 0 Å². The highest BCUT2D eigenvalue weighted by atomic mass is 16.5. The Morgan fingerprint density at radius 3 is 2.79 bits per heavy atom. The normalized spacial score (nSPS) is 24.2. The standard InChI is InChI=1S/C21H23NO2/c1-12-10-13(2)19-17(11-12)14-6-4-7-15(14)20(22-19)16-8-5-9-18(24-3)21(16)23/h4-6,8-11,14-15,20,22-23H,7H2,1-3H3. The van der Waals surface area contributed by atoms with E-state index in [0.29, 0.717) is 17.6 Å². The molecule has 0 saturated heterocycles. The second kappa shape index (κ2) is 5.59. The second-order valence-electron chi connectivity index (χ2n) is 6.92. The first kappa shape index (κ1) is 15.1. The number of rotatable bonds is 2. The van der Waals surface area contributed by atoms with Crippen molar-refractivity contribution in [2.75, 3.05) is 12.4 Å². The van der Waals surface area contributed by atoms with E-state index in [9.17, 15) is 5.11 Å². The lowest BCUT2D eigenvalue weighted by atomic mass is 9.75. The van der Waals surface area contributed by atoms with Crippen molar-refractivity contribution in [1.29, 1.82) is 0 Å². The number of hydrogen-bond acceptors (Lipinski definition) is 3. The number of benzene rings is 2. The smallest absolute Gasteiger partial charge is 0.163 e. The average Bonchev–Trinajstić information content (AvgIpc) is 3.05. The van der Waals surface area contributed by atoms with Crippen molar-refractivity contribution in [2.24, 2.45) is 5.92 Å². The summed E-state index contributed by atoms with van der Waals surface area (Å²) < 4.78 is 5.30. The molecule has 2 N–H and O–H groups in total. The maximum absolute atomic E-state index is 10.6. The van der Waals surface area contributed by atoms with Gasteiger partial charge in [0.25, 0.3) is 0 Å². The van der Waals surface area contributed by atoms with Gasteiger partial charge in [-0.3, -0.25) is 0 Å². The molecule has 24 heavy (non-hydrogen) atoms. The van der Waals surface area contributed by atoms with Gasteiger partial charge in [0.05, 0.1) is 13.2 Å². The van der Waals surface area contributed by atoms with Gasteiger partial charge in [0.15, 0.2) is 11.5 Å². The van der Waals surface area contributed by atoms with Crippen LogP contribution in [0.2, 0.25) is 0 Å². The topological polar surface area (TPSA) is 41.5 Å². The van der Waals surface area contributed by atoms with Gasteiger partial charge >= 0.3 is 0 Å². The molecular weight excluding hydrogens is 298 g/mol. The lowest BCUT2D eigenvalue weighted by Crippen LogP contribution is -2.29. The summed E-state index contributed by atoms with van der Waals surface area (Å²) in [5.41, 5.74) is 6.06. The van der Waals surface area contributed by atoms with E-state index in [-0.39, 0.29) is 11.8 Å². The lowest BCUT2D eigenvalue weighted by Gasteiger charge is -2.38. The molecule has 2 aliphatic rings.